The molecule has 0 atom stereocenters. The Morgan fingerprint density at radius 3 is 2.45 bits per heavy atom. The number of sulfonamides is 1. The van der Waals surface area contributed by atoms with Crippen molar-refractivity contribution in [1.29, 1.82) is 0 Å². The maximum Gasteiger partial charge on any atom is 0.274 e. The number of aryl methyl sites for hydroxylation is 1. The molecule has 0 radical (unpaired) electrons. The van der Waals surface area contributed by atoms with Crippen molar-refractivity contribution in [2.75, 3.05) is 26.2 Å². The molecule has 33 heavy (non-hydrogen) atoms. The summed E-state index contributed by atoms with van der Waals surface area (Å²) >= 11 is 0. The average Bonchev–Trinajstić information content (AvgIpc) is 3.44. The average molecular weight is 467 g/mol. The van der Waals surface area contributed by atoms with Crippen LogP contribution in [0.25, 0.3) is 5.69 Å². The van der Waals surface area contributed by atoms with Crippen LogP contribution in [0.5, 0.6) is 5.75 Å². The van der Waals surface area contributed by atoms with Gasteiger partial charge in [-0.05, 0) is 56.0 Å². The van der Waals surface area contributed by atoms with Crippen molar-refractivity contribution in [3.05, 3.63) is 71.0 Å². The van der Waals surface area contributed by atoms with Crippen molar-refractivity contribution < 1.29 is 18.3 Å². The number of benzene rings is 2. The molecule has 0 unspecified atom stereocenters. The van der Waals surface area contributed by atoms with Crippen LogP contribution in [0.4, 0.5) is 0 Å². The van der Waals surface area contributed by atoms with E-state index in [4.69, 9.17) is 0 Å². The molecule has 5 rings (SSSR count). The third-order valence-electron chi connectivity index (χ3n) is 6.39. The summed E-state index contributed by atoms with van der Waals surface area (Å²) in [7, 11) is -3.84. The molecular weight excluding hydrogens is 440 g/mol. The summed E-state index contributed by atoms with van der Waals surface area (Å²) in [5.41, 5.74) is 4.25. The van der Waals surface area contributed by atoms with Crippen LogP contribution in [0.3, 0.4) is 0 Å². The summed E-state index contributed by atoms with van der Waals surface area (Å²) < 4.78 is 29.3. The zero-order valence-corrected chi connectivity index (χ0v) is 19.3. The second-order valence-corrected chi connectivity index (χ2v) is 10.4. The van der Waals surface area contributed by atoms with Crippen molar-refractivity contribution in [3.8, 4) is 11.4 Å². The summed E-state index contributed by atoms with van der Waals surface area (Å²) in [6.45, 7) is 2.67. The number of hydrogen-bond acceptors (Lipinski definition) is 5. The van der Waals surface area contributed by atoms with Gasteiger partial charge in [0.15, 0.2) is 5.69 Å². The van der Waals surface area contributed by atoms with Crippen LogP contribution in [0.1, 0.15) is 33.7 Å². The van der Waals surface area contributed by atoms with Gasteiger partial charge in [-0.3, -0.25) is 4.79 Å². The summed E-state index contributed by atoms with van der Waals surface area (Å²) in [4.78, 5) is 15.0. The Hall–Kier alpha value is -3.17. The van der Waals surface area contributed by atoms with Gasteiger partial charge in [0.1, 0.15) is 10.6 Å². The number of hydrogen-bond donors (Lipinski definition) is 1. The predicted molar refractivity (Wildman–Crippen MR) is 123 cm³/mol. The summed E-state index contributed by atoms with van der Waals surface area (Å²) in [5.74, 6) is -0.417. The summed E-state index contributed by atoms with van der Waals surface area (Å²) in [5, 5.41) is 14.8. The molecule has 9 heteroatoms. The molecule has 2 aliphatic rings. The van der Waals surface area contributed by atoms with Gasteiger partial charge in [0, 0.05) is 37.4 Å². The Kier molecular flexibility index (Phi) is 5.46. The Morgan fingerprint density at radius 2 is 1.73 bits per heavy atom. The van der Waals surface area contributed by atoms with E-state index in [0.717, 1.165) is 41.8 Å². The number of phenols is 1. The maximum absolute atomic E-state index is 13.4. The first-order chi connectivity index (χ1) is 15.9. The Labute approximate surface area is 193 Å². The molecule has 1 aliphatic heterocycles. The number of rotatable bonds is 4. The van der Waals surface area contributed by atoms with Gasteiger partial charge < -0.3 is 10.0 Å². The normalized spacial score (nSPS) is 16.7. The first-order valence-corrected chi connectivity index (χ1v) is 12.6. The zero-order valence-electron chi connectivity index (χ0n) is 18.4. The molecule has 1 fully saturated rings. The van der Waals surface area contributed by atoms with Crippen LogP contribution < -0.4 is 0 Å². The van der Waals surface area contributed by atoms with Crippen LogP contribution in [0.15, 0.2) is 53.4 Å². The minimum atomic E-state index is -3.84. The highest BCUT2D eigenvalue weighted by atomic mass is 32.2. The van der Waals surface area contributed by atoms with Gasteiger partial charge in [-0.2, -0.15) is 9.40 Å². The third-order valence-corrected chi connectivity index (χ3v) is 8.32. The fourth-order valence-corrected chi connectivity index (χ4v) is 6.23. The zero-order chi connectivity index (χ0) is 23.2. The van der Waals surface area contributed by atoms with E-state index < -0.39 is 10.0 Å². The van der Waals surface area contributed by atoms with Crippen LogP contribution in [0, 0.1) is 6.92 Å². The van der Waals surface area contributed by atoms with Crippen molar-refractivity contribution in [3.63, 3.8) is 0 Å². The van der Waals surface area contributed by atoms with Crippen molar-refractivity contribution in [1.82, 2.24) is 19.0 Å². The first kappa shape index (κ1) is 21.7. The van der Waals surface area contributed by atoms with Gasteiger partial charge in [0.25, 0.3) is 5.91 Å². The number of para-hydroxylation sites is 1. The lowest BCUT2D eigenvalue weighted by Crippen LogP contribution is -2.50. The van der Waals surface area contributed by atoms with E-state index in [1.165, 1.54) is 16.4 Å². The lowest BCUT2D eigenvalue weighted by atomic mass is 10.1. The molecule has 3 aromatic rings. The highest BCUT2D eigenvalue weighted by Crippen LogP contribution is 2.30. The molecule has 0 bridgehead atoms. The molecule has 1 saturated heterocycles. The standard InChI is InChI=1S/C24H26N4O4S/c1-17-10-11-21(29)22(16-17)33(31,32)27-14-12-26(13-15-27)24(30)23-19-8-5-9-20(19)28(25-23)18-6-3-2-4-7-18/h2-4,6-7,10-11,16,29H,5,8-9,12-15H2,1H3. The smallest absolute Gasteiger partial charge is 0.274 e. The maximum atomic E-state index is 13.4. The third kappa shape index (κ3) is 3.81. The molecule has 0 saturated carbocycles. The first-order valence-electron chi connectivity index (χ1n) is 11.1. The minimum Gasteiger partial charge on any atom is -0.507 e. The van der Waals surface area contributed by atoms with Gasteiger partial charge in [-0.25, -0.2) is 13.1 Å². The molecule has 172 valence electrons. The number of nitrogens with zero attached hydrogens (tertiary/aromatic N) is 4. The molecule has 1 N–H and O–H groups in total. The van der Waals surface area contributed by atoms with Gasteiger partial charge in [-0.1, -0.05) is 24.3 Å². The van der Waals surface area contributed by atoms with Crippen LogP contribution in [0.2, 0.25) is 0 Å². The number of aromatic nitrogens is 2. The van der Waals surface area contributed by atoms with Crippen LogP contribution in [-0.4, -0.2) is 64.6 Å². The molecule has 2 aromatic carbocycles. The second-order valence-electron chi connectivity index (χ2n) is 8.54. The van der Waals surface area contributed by atoms with E-state index in [9.17, 15) is 18.3 Å². The van der Waals surface area contributed by atoms with Crippen molar-refractivity contribution >= 4 is 15.9 Å². The summed E-state index contributed by atoms with van der Waals surface area (Å²) in [6.07, 6.45) is 2.70. The monoisotopic (exact) mass is 466 g/mol. The topological polar surface area (TPSA) is 95.7 Å². The van der Waals surface area contributed by atoms with Gasteiger partial charge in [0.05, 0.1) is 5.69 Å². The fourth-order valence-electron chi connectivity index (χ4n) is 4.64. The Morgan fingerprint density at radius 1 is 1.00 bits per heavy atom. The van der Waals surface area contributed by atoms with Crippen LogP contribution in [-0.2, 0) is 22.9 Å². The molecule has 0 spiro atoms. The van der Waals surface area contributed by atoms with Crippen molar-refractivity contribution in [2.24, 2.45) is 0 Å². The van der Waals surface area contributed by atoms with Crippen LogP contribution >= 0.6 is 0 Å². The molecule has 1 aliphatic carbocycles. The number of phenolic OH excluding ortho intramolecular Hbond substituents is 1. The number of carbonyl (C=O) groups is 1. The quantitative estimate of drug-likeness (QED) is 0.638. The largest absolute Gasteiger partial charge is 0.507 e. The lowest BCUT2D eigenvalue weighted by Gasteiger charge is -2.33. The van der Waals surface area contributed by atoms with E-state index in [1.807, 2.05) is 35.0 Å². The number of piperazine rings is 1. The lowest BCUT2D eigenvalue weighted by molar-refractivity contribution is 0.0690. The molecule has 2 heterocycles. The van der Waals surface area contributed by atoms with Gasteiger partial charge >= 0.3 is 0 Å². The van der Waals surface area contributed by atoms with Crippen molar-refractivity contribution in [2.45, 2.75) is 31.1 Å². The molecular formula is C24H26N4O4S. The van der Waals surface area contributed by atoms with Gasteiger partial charge in [0.2, 0.25) is 10.0 Å². The van der Waals surface area contributed by atoms with E-state index in [1.54, 1.807) is 17.9 Å². The van der Waals surface area contributed by atoms with E-state index in [-0.39, 0.29) is 42.7 Å². The Balaban J connectivity index is 1.35. The number of aromatic hydroxyl groups is 1. The van der Waals surface area contributed by atoms with Gasteiger partial charge in [-0.15, -0.1) is 0 Å². The SMILES string of the molecule is Cc1ccc(O)c(S(=O)(=O)N2CCN(C(=O)c3nn(-c4ccccc4)c4c3CCC4)CC2)c1. The predicted octanol–water partition coefficient (Wildman–Crippen LogP) is 2.52. The second kappa shape index (κ2) is 8.31. The number of amides is 1. The fraction of sp³-hybridized carbons (Fsp3) is 0.333. The highest BCUT2D eigenvalue weighted by molar-refractivity contribution is 7.89. The molecule has 1 aromatic heterocycles. The van der Waals surface area contributed by atoms with E-state index in [2.05, 4.69) is 5.10 Å². The molecule has 8 nitrogen and oxygen atoms in total. The van der Waals surface area contributed by atoms with E-state index in [0.29, 0.717) is 5.69 Å². The minimum absolute atomic E-state index is 0.0956. The summed E-state index contributed by atoms with van der Waals surface area (Å²) in [6, 6.07) is 14.3. The van der Waals surface area contributed by atoms with E-state index >= 15 is 0 Å². The number of carbonyl (C=O) groups excluding carboxylic acids is 1. The number of fused-ring (bicyclic) bond motifs is 1. The highest BCUT2D eigenvalue weighted by Gasteiger charge is 2.35. The molecule has 1 amide bonds. The Bertz CT molecular complexity index is 1310.